The van der Waals surface area contributed by atoms with E-state index in [0.29, 0.717) is 32.8 Å². The molecule has 0 amide bonds. The average molecular weight is 622 g/mol. The first-order valence-electron chi connectivity index (χ1n) is 13.6. The largest absolute Gasteiger partial charge is 0.278 e. The van der Waals surface area contributed by atoms with Crippen LogP contribution >= 0.6 is 0 Å². The lowest BCUT2D eigenvalue weighted by Crippen LogP contribution is -2.14. The van der Waals surface area contributed by atoms with Gasteiger partial charge in [0.15, 0.2) is 0 Å². The molecule has 2 aromatic heterocycles. The second-order valence-electron chi connectivity index (χ2n) is 10.3. The van der Waals surface area contributed by atoms with Gasteiger partial charge in [-0.1, -0.05) is 72.8 Å². The molecule has 0 unspecified atom stereocenters. The van der Waals surface area contributed by atoms with E-state index in [0.717, 1.165) is 0 Å². The Bertz CT molecular complexity index is 2500. The molecule has 0 radical (unpaired) electrons. The number of hydrogen-bond donors (Lipinski definition) is 0. The van der Waals surface area contributed by atoms with Crippen molar-refractivity contribution in [1.82, 2.24) is 7.94 Å². The summed E-state index contributed by atoms with van der Waals surface area (Å²) in [7, 11) is -8.24. The van der Waals surface area contributed by atoms with Crippen molar-refractivity contribution < 1.29 is 21.8 Å². The Kier molecular flexibility index (Phi) is 6.20. The lowest BCUT2D eigenvalue weighted by Gasteiger charge is -2.12. The third-order valence-electron chi connectivity index (χ3n) is 7.83. The zero-order valence-electron chi connectivity index (χ0n) is 23.2. The van der Waals surface area contributed by atoms with Crippen molar-refractivity contribution in [3.63, 3.8) is 0 Å². The molecule has 9 nitrogen and oxygen atoms in total. The molecular formula is C33H23N3O6S2. The van der Waals surface area contributed by atoms with E-state index in [2.05, 4.69) is 0 Å². The highest BCUT2D eigenvalue weighted by Crippen LogP contribution is 2.44. The van der Waals surface area contributed by atoms with Crippen LogP contribution in [-0.4, -0.2) is 29.7 Å². The summed E-state index contributed by atoms with van der Waals surface area (Å²) < 4.78 is 58.5. The van der Waals surface area contributed by atoms with E-state index in [4.69, 9.17) is 0 Å². The van der Waals surface area contributed by atoms with Crippen LogP contribution in [0.3, 0.4) is 0 Å². The monoisotopic (exact) mass is 621 g/mol. The lowest BCUT2D eigenvalue weighted by atomic mass is 9.98. The number of nitro groups is 1. The topological polar surface area (TPSA) is 121 Å². The molecule has 0 bridgehead atoms. The second kappa shape index (κ2) is 9.90. The maximum atomic E-state index is 14.1. The fraction of sp³-hybridized carbons (Fsp3) is 0.0303. The van der Waals surface area contributed by atoms with Gasteiger partial charge in [-0.05, 0) is 49.4 Å². The van der Waals surface area contributed by atoms with Crippen LogP contribution in [0.25, 0.3) is 43.8 Å². The lowest BCUT2D eigenvalue weighted by molar-refractivity contribution is -0.384. The van der Waals surface area contributed by atoms with E-state index in [1.807, 2.05) is 0 Å². The van der Waals surface area contributed by atoms with Crippen LogP contribution in [0, 0.1) is 17.0 Å². The fourth-order valence-electron chi connectivity index (χ4n) is 5.96. The minimum Gasteiger partial charge on any atom is -0.258 e. The smallest absolute Gasteiger partial charge is 0.258 e. The summed E-state index contributed by atoms with van der Waals surface area (Å²) in [4.78, 5) is 12.2. The third kappa shape index (κ3) is 3.97. The standard InChI is InChI=1S/C33H23N3O6S2/c1-22-33(26-17-9-11-19-30(26)34(22)43(39,40)23-12-4-2-5-13-23)28-21-31-27(20-32(28)36(37)38)25-16-8-10-18-29(25)35(31)44(41,42)24-14-6-3-7-15-24/h2-21H,1H3. The molecule has 2 heterocycles. The summed E-state index contributed by atoms with van der Waals surface area (Å²) >= 11 is 0. The molecule has 0 N–H and O–H groups in total. The Morgan fingerprint density at radius 1 is 0.568 bits per heavy atom. The maximum Gasteiger partial charge on any atom is 0.278 e. The summed E-state index contributed by atoms with van der Waals surface area (Å²) in [5, 5.41) is 14.0. The maximum absolute atomic E-state index is 14.1. The average Bonchev–Trinajstić information content (AvgIpc) is 3.52. The van der Waals surface area contributed by atoms with Gasteiger partial charge in [-0.3, -0.25) is 10.1 Å². The first-order valence-corrected chi connectivity index (χ1v) is 16.4. The second-order valence-corrected chi connectivity index (χ2v) is 13.9. The van der Waals surface area contributed by atoms with Gasteiger partial charge in [0.05, 0.1) is 36.8 Å². The number of para-hydroxylation sites is 2. The van der Waals surface area contributed by atoms with Crippen molar-refractivity contribution in [2.75, 3.05) is 0 Å². The molecule has 218 valence electrons. The number of rotatable bonds is 6. The van der Waals surface area contributed by atoms with E-state index in [1.165, 1.54) is 44.3 Å². The molecule has 5 aromatic carbocycles. The van der Waals surface area contributed by atoms with Crippen LogP contribution in [0.2, 0.25) is 0 Å². The molecule has 0 aliphatic carbocycles. The number of nitrogens with zero attached hydrogens (tertiary/aromatic N) is 3. The summed E-state index contributed by atoms with van der Waals surface area (Å²) in [5.41, 5.74) is 1.34. The highest BCUT2D eigenvalue weighted by atomic mass is 32.2. The van der Waals surface area contributed by atoms with Gasteiger partial charge in [-0.25, -0.2) is 24.8 Å². The molecule has 0 saturated carbocycles. The minimum absolute atomic E-state index is 0.0595. The van der Waals surface area contributed by atoms with Crippen molar-refractivity contribution >= 4 is 58.4 Å². The number of benzene rings is 5. The van der Waals surface area contributed by atoms with Gasteiger partial charge in [-0.15, -0.1) is 0 Å². The Labute approximate surface area is 252 Å². The Morgan fingerprint density at radius 3 is 1.61 bits per heavy atom. The normalized spacial score (nSPS) is 12.3. The zero-order valence-corrected chi connectivity index (χ0v) is 24.8. The van der Waals surface area contributed by atoms with Crippen LogP contribution < -0.4 is 0 Å². The minimum atomic E-state index is -4.14. The molecule has 7 aromatic rings. The van der Waals surface area contributed by atoms with Gasteiger partial charge in [0.25, 0.3) is 25.7 Å². The SMILES string of the molecule is Cc1c(-c2cc3c(cc2[N+](=O)[O-])c2ccccc2n3S(=O)(=O)c2ccccc2)c2ccccc2n1S(=O)(=O)c1ccccc1. The molecule has 44 heavy (non-hydrogen) atoms. The van der Waals surface area contributed by atoms with Gasteiger partial charge in [0, 0.05) is 33.5 Å². The Hall–Kier alpha value is -5.26. The molecule has 7 rings (SSSR count). The van der Waals surface area contributed by atoms with Gasteiger partial charge >= 0.3 is 0 Å². The van der Waals surface area contributed by atoms with Crippen molar-refractivity contribution in [2.24, 2.45) is 0 Å². The van der Waals surface area contributed by atoms with Crippen LogP contribution in [0.4, 0.5) is 5.69 Å². The van der Waals surface area contributed by atoms with E-state index < -0.39 is 25.0 Å². The van der Waals surface area contributed by atoms with Crippen molar-refractivity contribution in [2.45, 2.75) is 16.7 Å². The van der Waals surface area contributed by atoms with E-state index in [9.17, 15) is 26.9 Å². The van der Waals surface area contributed by atoms with E-state index >= 15 is 0 Å². The molecule has 0 saturated heterocycles. The Morgan fingerprint density at radius 2 is 1.05 bits per heavy atom. The van der Waals surface area contributed by atoms with Gasteiger partial charge < -0.3 is 0 Å². The first kappa shape index (κ1) is 27.6. The summed E-state index contributed by atoms with van der Waals surface area (Å²) in [6.45, 7) is 1.60. The number of hydrogen-bond acceptors (Lipinski definition) is 6. The molecule has 0 aliphatic rings. The van der Waals surface area contributed by atoms with E-state index in [1.54, 1.807) is 91.9 Å². The molecular weight excluding hydrogens is 599 g/mol. The molecule has 11 heteroatoms. The molecule has 0 spiro atoms. The van der Waals surface area contributed by atoms with Crippen LogP contribution in [0.15, 0.2) is 131 Å². The van der Waals surface area contributed by atoms with E-state index in [-0.39, 0.29) is 32.3 Å². The van der Waals surface area contributed by atoms with Crippen molar-refractivity contribution in [1.29, 1.82) is 0 Å². The summed E-state index contributed by atoms with van der Waals surface area (Å²) in [6.07, 6.45) is 0. The predicted octanol–water partition coefficient (Wildman–Crippen LogP) is 7.11. The van der Waals surface area contributed by atoms with Crippen LogP contribution in [0.1, 0.15) is 5.69 Å². The highest BCUT2D eigenvalue weighted by molar-refractivity contribution is 7.90. The van der Waals surface area contributed by atoms with Gasteiger partial charge in [-0.2, -0.15) is 0 Å². The first-order chi connectivity index (χ1) is 21.1. The van der Waals surface area contributed by atoms with Gasteiger partial charge in [0.2, 0.25) is 0 Å². The molecule has 0 atom stereocenters. The Balaban J connectivity index is 1.62. The number of aromatic nitrogens is 2. The fourth-order valence-corrected chi connectivity index (χ4v) is 9.09. The number of nitro benzene ring substituents is 1. The third-order valence-corrected chi connectivity index (χ3v) is 11.4. The van der Waals surface area contributed by atoms with Crippen molar-refractivity contribution in [3.8, 4) is 11.1 Å². The zero-order chi connectivity index (χ0) is 30.8. The highest BCUT2D eigenvalue weighted by Gasteiger charge is 2.31. The summed E-state index contributed by atoms with van der Waals surface area (Å²) in [6, 6.07) is 32.4. The quantitative estimate of drug-likeness (QED) is 0.144. The van der Waals surface area contributed by atoms with Gasteiger partial charge in [0.1, 0.15) is 0 Å². The summed E-state index contributed by atoms with van der Waals surface area (Å²) in [5.74, 6) is 0. The molecule has 0 aliphatic heterocycles. The number of fused-ring (bicyclic) bond motifs is 4. The molecule has 0 fully saturated rings. The van der Waals surface area contributed by atoms with Crippen molar-refractivity contribution in [3.05, 3.63) is 137 Å². The predicted molar refractivity (Wildman–Crippen MR) is 170 cm³/mol. The van der Waals surface area contributed by atoms with Crippen LogP contribution in [0.5, 0.6) is 0 Å². The van der Waals surface area contributed by atoms with Crippen LogP contribution in [-0.2, 0) is 20.0 Å².